The molecular weight excluding hydrogens is 246 g/mol. The molecule has 6 nitrogen and oxygen atoms in total. The third-order valence-corrected chi connectivity index (χ3v) is 3.14. The standard InChI is InChI=1S/C13H19N3O3/c1-4-9(2)8-15(3)13(17)10-6-5-7-11(12(10)14)16(18)19/h5-7,9H,4,8,14H2,1-3H3. The van der Waals surface area contributed by atoms with E-state index in [1.54, 1.807) is 11.9 Å². The van der Waals surface area contributed by atoms with Crippen LogP contribution in [0.1, 0.15) is 30.6 Å². The van der Waals surface area contributed by atoms with Gasteiger partial charge in [-0.15, -0.1) is 0 Å². The molecule has 0 saturated heterocycles. The molecule has 0 saturated carbocycles. The van der Waals surface area contributed by atoms with Gasteiger partial charge in [-0.25, -0.2) is 0 Å². The highest BCUT2D eigenvalue weighted by Crippen LogP contribution is 2.25. The number of para-hydroxylation sites is 1. The van der Waals surface area contributed by atoms with Gasteiger partial charge >= 0.3 is 0 Å². The highest BCUT2D eigenvalue weighted by molar-refractivity contribution is 6.00. The van der Waals surface area contributed by atoms with Crippen LogP contribution in [-0.4, -0.2) is 29.3 Å². The zero-order valence-corrected chi connectivity index (χ0v) is 11.4. The first-order chi connectivity index (χ1) is 8.88. The van der Waals surface area contributed by atoms with Crippen molar-refractivity contribution in [3.8, 4) is 0 Å². The highest BCUT2D eigenvalue weighted by Gasteiger charge is 2.21. The minimum atomic E-state index is -0.583. The molecule has 0 heterocycles. The Morgan fingerprint density at radius 1 is 1.53 bits per heavy atom. The van der Waals surface area contributed by atoms with Gasteiger partial charge in [0.05, 0.1) is 10.5 Å². The van der Waals surface area contributed by atoms with Gasteiger partial charge in [0.25, 0.3) is 11.6 Å². The number of anilines is 1. The molecule has 1 amide bonds. The van der Waals surface area contributed by atoms with Crippen molar-refractivity contribution < 1.29 is 9.72 Å². The molecule has 0 aliphatic heterocycles. The summed E-state index contributed by atoms with van der Waals surface area (Å²) in [5, 5.41) is 10.8. The Bertz CT molecular complexity index is 488. The number of nitrogen functional groups attached to an aromatic ring is 1. The normalized spacial score (nSPS) is 11.9. The first-order valence-corrected chi connectivity index (χ1v) is 6.16. The molecule has 0 spiro atoms. The molecular formula is C13H19N3O3. The Balaban J connectivity index is 3.00. The van der Waals surface area contributed by atoms with Crippen LogP contribution in [0.2, 0.25) is 0 Å². The molecule has 104 valence electrons. The van der Waals surface area contributed by atoms with Gasteiger partial charge < -0.3 is 10.6 Å². The van der Waals surface area contributed by atoms with Gasteiger partial charge in [-0.2, -0.15) is 0 Å². The fourth-order valence-corrected chi connectivity index (χ4v) is 1.78. The van der Waals surface area contributed by atoms with E-state index in [2.05, 4.69) is 0 Å². The SMILES string of the molecule is CCC(C)CN(C)C(=O)c1cccc([N+](=O)[O-])c1N. The second-order valence-corrected chi connectivity index (χ2v) is 4.69. The van der Waals surface area contributed by atoms with Gasteiger partial charge in [0, 0.05) is 19.7 Å². The molecule has 0 aliphatic rings. The predicted molar refractivity (Wildman–Crippen MR) is 73.9 cm³/mol. The van der Waals surface area contributed by atoms with Gasteiger partial charge in [-0.05, 0) is 12.0 Å². The molecule has 0 bridgehead atoms. The Kier molecular flexibility index (Phi) is 4.86. The van der Waals surface area contributed by atoms with Crippen molar-refractivity contribution in [2.24, 2.45) is 5.92 Å². The molecule has 0 fully saturated rings. The van der Waals surface area contributed by atoms with Gasteiger partial charge in [0.15, 0.2) is 0 Å². The van der Waals surface area contributed by atoms with E-state index in [9.17, 15) is 14.9 Å². The first-order valence-electron chi connectivity index (χ1n) is 6.16. The average Bonchev–Trinajstić information content (AvgIpc) is 2.37. The monoisotopic (exact) mass is 265 g/mol. The number of nitrogens with two attached hydrogens (primary N) is 1. The molecule has 1 unspecified atom stereocenters. The van der Waals surface area contributed by atoms with Crippen LogP contribution in [0.5, 0.6) is 0 Å². The number of nitro groups is 1. The number of carbonyl (C=O) groups is 1. The van der Waals surface area contributed by atoms with E-state index < -0.39 is 4.92 Å². The molecule has 0 radical (unpaired) electrons. The molecule has 1 rings (SSSR count). The van der Waals surface area contributed by atoms with E-state index in [-0.39, 0.29) is 22.8 Å². The second kappa shape index (κ2) is 6.17. The topological polar surface area (TPSA) is 89.5 Å². The minimum absolute atomic E-state index is 0.0755. The Morgan fingerprint density at radius 3 is 2.68 bits per heavy atom. The molecule has 1 aromatic carbocycles. The molecule has 0 aromatic heterocycles. The van der Waals surface area contributed by atoms with Crippen molar-refractivity contribution in [2.75, 3.05) is 19.3 Å². The Hall–Kier alpha value is -2.11. The number of nitrogens with zero attached hydrogens (tertiary/aromatic N) is 2. The van der Waals surface area contributed by atoms with Crippen LogP contribution in [-0.2, 0) is 0 Å². The van der Waals surface area contributed by atoms with Crippen LogP contribution < -0.4 is 5.73 Å². The number of carbonyl (C=O) groups excluding carboxylic acids is 1. The van der Waals surface area contributed by atoms with E-state index in [1.165, 1.54) is 18.2 Å². The summed E-state index contributed by atoms with van der Waals surface area (Å²) >= 11 is 0. The van der Waals surface area contributed by atoms with Crippen molar-refractivity contribution in [3.63, 3.8) is 0 Å². The Morgan fingerprint density at radius 2 is 2.16 bits per heavy atom. The first kappa shape index (κ1) is 14.9. The number of hydrogen-bond acceptors (Lipinski definition) is 4. The van der Waals surface area contributed by atoms with Crippen molar-refractivity contribution in [1.29, 1.82) is 0 Å². The van der Waals surface area contributed by atoms with Crippen molar-refractivity contribution in [1.82, 2.24) is 4.90 Å². The number of hydrogen-bond donors (Lipinski definition) is 1. The number of benzene rings is 1. The summed E-state index contributed by atoms with van der Waals surface area (Å²) in [4.78, 5) is 24.0. The van der Waals surface area contributed by atoms with Crippen molar-refractivity contribution >= 4 is 17.3 Å². The molecule has 0 aliphatic carbocycles. The van der Waals surface area contributed by atoms with E-state index in [0.29, 0.717) is 12.5 Å². The van der Waals surface area contributed by atoms with Crippen molar-refractivity contribution in [2.45, 2.75) is 20.3 Å². The van der Waals surface area contributed by atoms with Crippen LogP contribution in [0.3, 0.4) is 0 Å². The zero-order valence-electron chi connectivity index (χ0n) is 11.4. The average molecular weight is 265 g/mol. The molecule has 6 heteroatoms. The fourth-order valence-electron chi connectivity index (χ4n) is 1.78. The summed E-state index contributed by atoms with van der Waals surface area (Å²) in [6.45, 7) is 4.68. The lowest BCUT2D eigenvalue weighted by Gasteiger charge is -2.21. The summed E-state index contributed by atoms with van der Waals surface area (Å²) in [5.74, 6) is 0.0790. The van der Waals surface area contributed by atoms with Crippen LogP contribution in [0, 0.1) is 16.0 Å². The van der Waals surface area contributed by atoms with Crippen LogP contribution >= 0.6 is 0 Å². The second-order valence-electron chi connectivity index (χ2n) is 4.69. The summed E-state index contributed by atoms with van der Waals surface area (Å²) in [5.41, 5.74) is 5.57. The number of rotatable bonds is 5. The lowest BCUT2D eigenvalue weighted by atomic mass is 10.1. The highest BCUT2D eigenvalue weighted by atomic mass is 16.6. The number of nitro benzene ring substituents is 1. The largest absolute Gasteiger partial charge is 0.393 e. The van der Waals surface area contributed by atoms with Gasteiger partial charge in [0.1, 0.15) is 5.69 Å². The third kappa shape index (κ3) is 3.43. The summed E-state index contributed by atoms with van der Waals surface area (Å²) in [7, 11) is 1.67. The van der Waals surface area contributed by atoms with Crippen LogP contribution in [0.15, 0.2) is 18.2 Å². The lowest BCUT2D eigenvalue weighted by Crippen LogP contribution is -2.31. The maximum absolute atomic E-state index is 12.2. The zero-order chi connectivity index (χ0) is 14.6. The summed E-state index contributed by atoms with van der Waals surface area (Å²) in [6.07, 6.45) is 0.960. The van der Waals surface area contributed by atoms with Gasteiger partial charge in [-0.3, -0.25) is 14.9 Å². The third-order valence-electron chi connectivity index (χ3n) is 3.14. The Labute approximate surface area is 112 Å². The van der Waals surface area contributed by atoms with Crippen LogP contribution in [0.25, 0.3) is 0 Å². The predicted octanol–water partition coefficient (Wildman–Crippen LogP) is 2.30. The van der Waals surface area contributed by atoms with E-state index in [1.807, 2.05) is 13.8 Å². The smallest absolute Gasteiger partial charge is 0.292 e. The number of amides is 1. The quantitative estimate of drug-likeness (QED) is 0.502. The fraction of sp³-hybridized carbons (Fsp3) is 0.462. The molecule has 1 aromatic rings. The van der Waals surface area contributed by atoms with E-state index >= 15 is 0 Å². The minimum Gasteiger partial charge on any atom is -0.393 e. The van der Waals surface area contributed by atoms with Gasteiger partial charge in [0.2, 0.25) is 0 Å². The summed E-state index contributed by atoms with van der Waals surface area (Å²) in [6, 6.07) is 4.28. The van der Waals surface area contributed by atoms with Gasteiger partial charge in [-0.1, -0.05) is 26.3 Å². The lowest BCUT2D eigenvalue weighted by molar-refractivity contribution is -0.383. The van der Waals surface area contributed by atoms with Crippen LogP contribution in [0.4, 0.5) is 11.4 Å². The molecule has 2 N–H and O–H groups in total. The maximum Gasteiger partial charge on any atom is 0.292 e. The van der Waals surface area contributed by atoms with Crippen molar-refractivity contribution in [3.05, 3.63) is 33.9 Å². The molecule has 19 heavy (non-hydrogen) atoms. The molecule has 1 atom stereocenters. The maximum atomic E-state index is 12.2. The van der Waals surface area contributed by atoms with E-state index in [4.69, 9.17) is 5.73 Å². The summed E-state index contributed by atoms with van der Waals surface area (Å²) < 4.78 is 0. The van der Waals surface area contributed by atoms with E-state index in [0.717, 1.165) is 6.42 Å².